The Balaban J connectivity index is 2.73. The minimum Gasteiger partial charge on any atom is -0.292 e. The summed E-state index contributed by atoms with van der Waals surface area (Å²) in [6.45, 7) is 8.13. The first-order valence-electron chi connectivity index (χ1n) is 4.99. The van der Waals surface area contributed by atoms with Crippen LogP contribution < -0.4 is 0 Å². The molecule has 0 fully saturated rings. The lowest BCUT2D eigenvalue weighted by Gasteiger charge is -2.00. The van der Waals surface area contributed by atoms with Crippen LogP contribution >= 0.6 is 11.3 Å². The normalized spacial score (nSPS) is 11.3. The third kappa shape index (κ3) is 2.91. The molecule has 1 rings (SSSR count). The van der Waals surface area contributed by atoms with Crippen molar-refractivity contribution in [2.24, 2.45) is 11.8 Å². The average Bonchev–Trinajstić information content (AvgIpc) is 2.50. The minimum atomic E-state index is 0.0454. The predicted molar refractivity (Wildman–Crippen MR) is 59.8 cm³/mol. The van der Waals surface area contributed by atoms with Crippen LogP contribution in [-0.4, -0.2) is 10.8 Å². The molecule has 0 saturated carbocycles. The van der Waals surface area contributed by atoms with E-state index in [2.05, 4.69) is 18.8 Å². The van der Waals surface area contributed by atoms with Crippen molar-refractivity contribution < 1.29 is 4.79 Å². The number of hydrogen-bond donors (Lipinski definition) is 0. The van der Waals surface area contributed by atoms with E-state index in [0.29, 0.717) is 11.6 Å². The SMILES string of the molecule is CC(C)Cc1nc(C(=O)C(C)C)cs1. The van der Waals surface area contributed by atoms with E-state index in [1.165, 1.54) is 0 Å². The molecule has 0 aromatic carbocycles. The van der Waals surface area contributed by atoms with Crippen molar-refractivity contribution in [3.05, 3.63) is 16.1 Å². The van der Waals surface area contributed by atoms with Crippen molar-refractivity contribution in [2.75, 3.05) is 0 Å². The molecule has 0 aliphatic rings. The van der Waals surface area contributed by atoms with E-state index in [4.69, 9.17) is 0 Å². The zero-order valence-corrected chi connectivity index (χ0v) is 10.0. The summed E-state index contributed by atoms with van der Waals surface area (Å²) < 4.78 is 0. The lowest BCUT2D eigenvalue weighted by Crippen LogP contribution is -2.08. The quantitative estimate of drug-likeness (QED) is 0.716. The van der Waals surface area contributed by atoms with Crippen LogP contribution in [0.4, 0.5) is 0 Å². The summed E-state index contributed by atoms with van der Waals surface area (Å²) in [5.74, 6) is 0.795. The van der Waals surface area contributed by atoms with Gasteiger partial charge in [-0.2, -0.15) is 0 Å². The standard InChI is InChI=1S/C11H17NOS/c1-7(2)5-10-12-9(6-14-10)11(13)8(3)4/h6-8H,5H2,1-4H3. The molecule has 0 N–H and O–H groups in total. The van der Waals surface area contributed by atoms with Gasteiger partial charge in [0.1, 0.15) is 5.69 Å². The van der Waals surface area contributed by atoms with Crippen LogP contribution in [0.1, 0.15) is 43.2 Å². The fourth-order valence-corrected chi connectivity index (χ4v) is 2.16. The van der Waals surface area contributed by atoms with Gasteiger partial charge < -0.3 is 0 Å². The van der Waals surface area contributed by atoms with E-state index >= 15 is 0 Å². The van der Waals surface area contributed by atoms with Gasteiger partial charge in [-0.05, 0) is 5.92 Å². The number of hydrogen-bond acceptors (Lipinski definition) is 3. The molecule has 1 aromatic heterocycles. The van der Waals surface area contributed by atoms with Gasteiger partial charge in [-0.1, -0.05) is 27.7 Å². The minimum absolute atomic E-state index is 0.0454. The van der Waals surface area contributed by atoms with Crippen molar-refractivity contribution >= 4 is 17.1 Å². The van der Waals surface area contributed by atoms with Crippen LogP contribution in [0.25, 0.3) is 0 Å². The third-order valence-electron chi connectivity index (χ3n) is 1.91. The van der Waals surface area contributed by atoms with Crippen LogP contribution in [0.3, 0.4) is 0 Å². The van der Waals surface area contributed by atoms with Gasteiger partial charge in [0, 0.05) is 17.7 Å². The average molecular weight is 211 g/mol. The Bertz CT molecular complexity index is 315. The van der Waals surface area contributed by atoms with E-state index in [0.717, 1.165) is 11.4 Å². The Morgan fingerprint density at radius 2 is 2.07 bits per heavy atom. The highest BCUT2D eigenvalue weighted by Crippen LogP contribution is 2.16. The lowest BCUT2D eigenvalue weighted by molar-refractivity contribution is 0.0935. The molecule has 0 saturated heterocycles. The van der Waals surface area contributed by atoms with Gasteiger partial charge in [0.05, 0.1) is 5.01 Å². The van der Waals surface area contributed by atoms with Gasteiger partial charge in [0.25, 0.3) is 0 Å². The molecule has 0 aliphatic carbocycles. The topological polar surface area (TPSA) is 30.0 Å². The molecule has 0 spiro atoms. The Kier molecular flexibility index (Phi) is 3.81. The summed E-state index contributed by atoms with van der Waals surface area (Å²) in [6, 6.07) is 0. The summed E-state index contributed by atoms with van der Waals surface area (Å²) in [6.07, 6.45) is 0.968. The molecule has 78 valence electrons. The Morgan fingerprint density at radius 3 is 2.57 bits per heavy atom. The summed E-state index contributed by atoms with van der Waals surface area (Å²) in [7, 11) is 0. The second kappa shape index (κ2) is 4.69. The molecule has 0 atom stereocenters. The largest absolute Gasteiger partial charge is 0.292 e. The number of ketones is 1. The molecule has 0 bridgehead atoms. The third-order valence-corrected chi connectivity index (χ3v) is 2.78. The van der Waals surface area contributed by atoms with Crippen LogP contribution in [-0.2, 0) is 6.42 Å². The molecular weight excluding hydrogens is 194 g/mol. The van der Waals surface area contributed by atoms with E-state index < -0.39 is 0 Å². The number of aromatic nitrogens is 1. The van der Waals surface area contributed by atoms with E-state index in [9.17, 15) is 4.79 Å². The fourth-order valence-electron chi connectivity index (χ4n) is 1.16. The first-order valence-corrected chi connectivity index (χ1v) is 5.87. The molecule has 3 heteroatoms. The molecular formula is C11H17NOS. The molecule has 14 heavy (non-hydrogen) atoms. The van der Waals surface area contributed by atoms with Crippen molar-refractivity contribution in [1.29, 1.82) is 0 Å². The van der Waals surface area contributed by atoms with Crippen LogP contribution in [0, 0.1) is 11.8 Å². The number of Topliss-reactive ketones (excluding diaryl/α,β-unsaturated/α-hetero) is 1. The van der Waals surface area contributed by atoms with Crippen LogP contribution in [0.15, 0.2) is 5.38 Å². The van der Waals surface area contributed by atoms with Gasteiger partial charge in [-0.15, -0.1) is 11.3 Å². The molecule has 0 aliphatic heterocycles. The zero-order valence-electron chi connectivity index (χ0n) is 9.20. The van der Waals surface area contributed by atoms with Crippen molar-refractivity contribution in [3.8, 4) is 0 Å². The summed E-state index contributed by atoms with van der Waals surface area (Å²) in [5.41, 5.74) is 0.639. The van der Waals surface area contributed by atoms with E-state index in [1.807, 2.05) is 19.2 Å². The first-order chi connectivity index (χ1) is 6.50. The fraction of sp³-hybridized carbons (Fsp3) is 0.636. The van der Waals surface area contributed by atoms with Gasteiger partial charge >= 0.3 is 0 Å². The van der Waals surface area contributed by atoms with E-state index in [1.54, 1.807) is 11.3 Å². The number of nitrogens with zero attached hydrogens (tertiary/aromatic N) is 1. The molecule has 2 nitrogen and oxygen atoms in total. The van der Waals surface area contributed by atoms with Gasteiger partial charge in [-0.25, -0.2) is 4.98 Å². The maximum absolute atomic E-state index is 11.6. The van der Waals surface area contributed by atoms with Crippen molar-refractivity contribution in [3.63, 3.8) is 0 Å². The van der Waals surface area contributed by atoms with E-state index in [-0.39, 0.29) is 11.7 Å². The second-order valence-electron chi connectivity index (χ2n) is 4.24. The molecule has 0 radical (unpaired) electrons. The number of carbonyl (C=O) groups excluding carboxylic acids is 1. The van der Waals surface area contributed by atoms with Gasteiger partial charge in [0.15, 0.2) is 5.78 Å². The Hall–Kier alpha value is -0.700. The first kappa shape index (κ1) is 11.4. The summed E-state index contributed by atoms with van der Waals surface area (Å²) in [4.78, 5) is 15.9. The monoisotopic (exact) mass is 211 g/mol. The second-order valence-corrected chi connectivity index (χ2v) is 5.19. The maximum Gasteiger partial charge on any atom is 0.184 e. The molecule has 1 heterocycles. The van der Waals surface area contributed by atoms with Crippen molar-refractivity contribution in [2.45, 2.75) is 34.1 Å². The highest BCUT2D eigenvalue weighted by Gasteiger charge is 2.14. The zero-order chi connectivity index (χ0) is 10.7. The highest BCUT2D eigenvalue weighted by atomic mass is 32.1. The predicted octanol–water partition coefficient (Wildman–Crippen LogP) is 3.18. The Morgan fingerprint density at radius 1 is 1.43 bits per heavy atom. The van der Waals surface area contributed by atoms with Gasteiger partial charge in [0.2, 0.25) is 0 Å². The number of thiazole rings is 1. The Labute approximate surface area is 89.4 Å². The molecule has 1 aromatic rings. The maximum atomic E-state index is 11.6. The molecule has 0 unspecified atom stereocenters. The highest BCUT2D eigenvalue weighted by molar-refractivity contribution is 7.09. The van der Waals surface area contributed by atoms with Crippen LogP contribution in [0.2, 0.25) is 0 Å². The summed E-state index contributed by atoms with van der Waals surface area (Å²) >= 11 is 1.59. The lowest BCUT2D eigenvalue weighted by atomic mass is 10.1. The summed E-state index contributed by atoms with van der Waals surface area (Å²) in [5, 5.41) is 2.95. The van der Waals surface area contributed by atoms with Crippen LogP contribution in [0.5, 0.6) is 0 Å². The van der Waals surface area contributed by atoms with Gasteiger partial charge in [-0.3, -0.25) is 4.79 Å². The smallest absolute Gasteiger partial charge is 0.184 e. The molecule has 0 amide bonds. The number of rotatable bonds is 4. The number of carbonyl (C=O) groups is 1. The van der Waals surface area contributed by atoms with Crippen molar-refractivity contribution in [1.82, 2.24) is 4.98 Å².